The minimum Gasteiger partial charge on any atom is -0.497 e. The molecular weight excluding hydrogens is 379 g/mol. The highest BCUT2D eigenvalue weighted by Gasteiger charge is 2.36. The van der Waals surface area contributed by atoms with E-state index in [-0.39, 0.29) is 16.7 Å². The van der Waals surface area contributed by atoms with Crippen LogP contribution in [0.1, 0.15) is 5.82 Å². The predicted octanol–water partition coefficient (Wildman–Crippen LogP) is 2.46. The Morgan fingerprint density at radius 1 is 1.11 bits per heavy atom. The minimum absolute atomic E-state index is 0.0755. The first-order valence-corrected chi connectivity index (χ1v) is 7.90. The second kappa shape index (κ2) is 6.22. The Bertz CT molecular complexity index is 1260. The van der Waals surface area contributed by atoms with E-state index in [9.17, 15) is 18.0 Å². The predicted molar refractivity (Wildman–Crippen MR) is 92.0 cm³/mol. The van der Waals surface area contributed by atoms with Crippen LogP contribution in [-0.2, 0) is 6.18 Å². The maximum atomic E-state index is 13.0. The Labute approximate surface area is 154 Å². The van der Waals surface area contributed by atoms with Gasteiger partial charge in [-0.1, -0.05) is 0 Å². The molecule has 0 radical (unpaired) electrons. The number of benzene rings is 1. The summed E-state index contributed by atoms with van der Waals surface area (Å²) in [5.74, 6) is -0.650. The molecule has 1 aromatic carbocycles. The number of alkyl halides is 3. The maximum Gasteiger partial charge on any atom is 0.453 e. The van der Waals surface area contributed by atoms with Gasteiger partial charge in [0.2, 0.25) is 0 Å². The fraction of sp³-hybridized carbons (Fsp3) is 0.176. The zero-order valence-corrected chi connectivity index (χ0v) is 14.6. The molecule has 0 saturated carbocycles. The topological polar surface area (TPSA) is 83.5 Å². The summed E-state index contributed by atoms with van der Waals surface area (Å²) in [4.78, 5) is 20.1. The van der Waals surface area contributed by atoms with Crippen molar-refractivity contribution in [3.63, 3.8) is 0 Å². The third kappa shape index (κ3) is 2.71. The molecule has 0 aliphatic carbocycles. The second-order valence-corrected chi connectivity index (χ2v) is 5.73. The van der Waals surface area contributed by atoms with Gasteiger partial charge in [-0.15, -0.1) is 5.10 Å². The number of halogens is 3. The van der Waals surface area contributed by atoms with Crippen molar-refractivity contribution < 1.29 is 22.6 Å². The van der Waals surface area contributed by atoms with Gasteiger partial charge in [-0.05, 0) is 18.2 Å². The van der Waals surface area contributed by atoms with Crippen LogP contribution in [0.5, 0.6) is 11.5 Å². The Kier molecular flexibility index (Phi) is 3.95. The molecule has 3 aromatic heterocycles. The summed E-state index contributed by atoms with van der Waals surface area (Å²) in [6.07, 6.45) is -2.12. The van der Waals surface area contributed by atoms with E-state index in [1.54, 1.807) is 18.2 Å². The van der Waals surface area contributed by atoms with E-state index in [0.29, 0.717) is 17.2 Å². The van der Waals surface area contributed by atoms with Gasteiger partial charge in [0.1, 0.15) is 11.5 Å². The van der Waals surface area contributed by atoms with Crippen LogP contribution in [0, 0.1) is 0 Å². The number of hydrogen-bond acceptors (Lipinski definition) is 6. The van der Waals surface area contributed by atoms with Crippen molar-refractivity contribution in [1.29, 1.82) is 0 Å². The van der Waals surface area contributed by atoms with E-state index in [0.717, 1.165) is 4.52 Å². The quantitative estimate of drug-likeness (QED) is 0.534. The van der Waals surface area contributed by atoms with Crippen LogP contribution in [0.2, 0.25) is 0 Å². The third-order valence-corrected chi connectivity index (χ3v) is 4.13. The molecule has 0 aliphatic heterocycles. The molecule has 0 bridgehead atoms. The van der Waals surface area contributed by atoms with Gasteiger partial charge < -0.3 is 9.47 Å². The summed E-state index contributed by atoms with van der Waals surface area (Å²) in [5, 5.41) is 3.52. The van der Waals surface area contributed by atoms with E-state index < -0.39 is 17.6 Å². The highest BCUT2D eigenvalue weighted by molar-refractivity contribution is 5.79. The number of hydrogen-bond donors (Lipinski definition) is 0. The lowest BCUT2D eigenvalue weighted by molar-refractivity contribution is -0.144. The molecule has 0 fully saturated rings. The monoisotopic (exact) mass is 391 g/mol. The Balaban J connectivity index is 1.95. The molecule has 144 valence electrons. The summed E-state index contributed by atoms with van der Waals surface area (Å²) in [7, 11) is 2.95. The van der Waals surface area contributed by atoms with Gasteiger partial charge in [0.05, 0.1) is 30.8 Å². The molecule has 0 saturated heterocycles. The fourth-order valence-corrected chi connectivity index (χ4v) is 2.81. The average Bonchev–Trinajstić information content (AvgIpc) is 3.13. The lowest BCUT2D eigenvalue weighted by atomic mass is 10.2. The summed E-state index contributed by atoms with van der Waals surface area (Å²) < 4.78 is 51.3. The van der Waals surface area contributed by atoms with E-state index >= 15 is 0 Å². The average molecular weight is 391 g/mol. The van der Waals surface area contributed by atoms with E-state index in [2.05, 4.69) is 15.1 Å². The van der Waals surface area contributed by atoms with Crippen molar-refractivity contribution in [1.82, 2.24) is 24.1 Å². The molecule has 3 heterocycles. The van der Waals surface area contributed by atoms with Crippen molar-refractivity contribution in [2.24, 2.45) is 0 Å². The molecule has 0 amide bonds. The number of pyridine rings is 1. The molecule has 0 spiro atoms. The third-order valence-electron chi connectivity index (χ3n) is 4.13. The van der Waals surface area contributed by atoms with Crippen molar-refractivity contribution in [2.45, 2.75) is 6.18 Å². The summed E-state index contributed by atoms with van der Waals surface area (Å²) in [6, 6.07) is 6.36. The highest BCUT2D eigenvalue weighted by atomic mass is 19.4. The molecular formula is C17H12F3N5O3. The van der Waals surface area contributed by atoms with Crippen molar-refractivity contribution in [3.05, 3.63) is 52.8 Å². The van der Waals surface area contributed by atoms with Crippen molar-refractivity contribution in [3.8, 4) is 17.2 Å². The smallest absolute Gasteiger partial charge is 0.453 e. The number of methoxy groups -OCH3 is 2. The fourth-order valence-electron chi connectivity index (χ4n) is 2.81. The van der Waals surface area contributed by atoms with Gasteiger partial charge in [-0.3, -0.25) is 9.36 Å². The van der Waals surface area contributed by atoms with Gasteiger partial charge in [0.25, 0.3) is 17.2 Å². The van der Waals surface area contributed by atoms with Crippen LogP contribution >= 0.6 is 0 Å². The summed E-state index contributed by atoms with van der Waals surface area (Å²) in [5.41, 5.74) is 0.0889. The summed E-state index contributed by atoms with van der Waals surface area (Å²) in [6.45, 7) is 0. The van der Waals surface area contributed by atoms with Gasteiger partial charge in [-0.25, -0.2) is 4.98 Å². The number of nitrogens with zero attached hydrogens (tertiary/aromatic N) is 5. The lowest BCUT2D eigenvalue weighted by Gasteiger charge is -2.13. The zero-order chi connectivity index (χ0) is 20.1. The van der Waals surface area contributed by atoms with Crippen LogP contribution in [-0.4, -0.2) is 38.4 Å². The lowest BCUT2D eigenvalue weighted by Crippen LogP contribution is -2.19. The van der Waals surface area contributed by atoms with E-state index in [4.69, 9.17) is 9.47 Å². The number of rotatable bonds is 3. The number of fused-ring (bicyclic) bond motifs is 3. The van der Waals surface area contributed by atoms with E-state index in [1.165, 1.54) is 37.2 Å². The Hall–Kier alpha value is -3.63. The van der Waals surface area contributed by atoms with Crippen molar-refractivity contribution >= 4 is 16.7 Å². The van der Waals surface area contributed by atoms with Crippen LogP contribution < -0.4 is 15.0 Å². The van der Waals surface area contributed by atoms with Gasteiger partial charge in [0.15, 0.2) is 0 Å². The van der Waals surface area contributed by atoms with Gasteiger partial charge in [0, 0.05) is 18.5 Å². The molecule has 0 unspecified atom stereocenters. The molecule has 4 aromatic rings. The molecule has 11 heteroatoms. The maximum absolute atomic E-state index is 13.0. The largest absolute Gasteiger partial charge is 0.497 e. The molecule has 28 heavy (non-hydrogen) atoms. The van der Waals surface area contributed by atoms with Crippen LogP contribution in [0.4, 0.5) is 13.2 Å². The van der Waals surface area contributed by atoms with Gasteiger partial charge >= 0.3 is 6.18 Å². The molecule has 0 atom stereocenters. The number of aromatic nitrogens is 5. The second-order valence-electron chi connectivity index (χ2n) is 5.73. The van der Waals surface area contributed by atoms with E-state index in [1.807, 2.05) is 0 Å². The number of ether oxygens (including phenoxy) is 2. The van der Waals surface area contributed by atoms with Crippen LogP contribution in [0.15, 0.2) is 41.5 Å². The van der Waals surface area contributed by atoms with Gasteiger partial charge in [-0.2, -0.15) is 22.7 Å². The highest BCUT2D eigenvalue weighted by Crippen LogP contribution is 2.28. The first kappa shape index (κ1) is 17.8. The first-order chi connectivity index (χ1) is 13.3. The summed E-state index contributed by atoms with van der Waals surface area (Å²) >= 11 is 0. The minimum atomic E-state index is -4.72. The molecule has 8 nitrogen and oxygen atoms in total. The normalized spacial score (nSPS) is 11.9. The molecule has 0 N–H and O–H groups in total. The molecule has 4 rings (SSSR count). The Morgan fingerprint density at radius 2 is 1.89 bits per heavy atom. The SMILES string of the molecule is COc1ccc(-n2ccc3c(cnc4nc(C(F)(F)F)nn43)c2=O)c(OC)c1. The molecule has 0 aliphatic rings. The first-order valence-electron chi connectivity index (χ1n) is 7.90. The Morgan fingerprint density at radius 3 is 2.57 bits per heavy atom. The van der Waals surface area contributed by atoms with Crippen molar-refractivity contribution in [2.75, 3.05) is 14.2 Å². The zero-order valence-electron chi connectivity index (χ0n) is 14.6. The van der Waals surface area contributed by atoms with Crippen LogP contribution in [0.25, 0.3) is 22.4 Å². The van der Waals surface area contributed by atoms with Crippen LogP contribution in [0.3, 0.4) is 0 Å². The standard InChI is InChI=1S/C17H12F3N5O3/c1-27-9-3-4-12(13(7-9)28-2)24-6-5-11-10(14(24)26)8-21-16-22-15(17(18,19)20)23-25(11)16/h3-8H,1-2H3.